The van der Waals surface area contributed by atoms with Crippen LogP contribution in [0.2, 0.25) is 0 Å². The van der Waals surface area contributed by atoms with Crippen molar-refractivity contribution >= 4 is 11.4 Å². The lowest BCUT2D eigenvalue weighted by Gasteiger charge is -2.27. The van der Waals surface area contributed by atoms with Crippen LogP contribution in [0.4, 0.5) is 13.2 Å². The van der Waals surface area contributed by atoms with Gasteiger partial charge in [-0.15, -0.1) is 4.72 Å². The second-order valence-corrected chi connectivity index (χ2v) is 7.74. The fourth-order valence-corrected chi connectivity index (χ4v) is 2.63. The topological polar surface area (TPSA) is 35.1 Å². The Morgan fingerprint density at radius 2 is 1.75 bits per heavy atom. The second-order valence-electron chi connectivity index (χ2n) is 5.74. The Bertz CT molecular complexity index is 468. The zero-order valence-corrected chi connectivity index (χ0v) is 13.1. The standard InChI is InChI=1S/C14H20F3NOS/c1-9-11(7-6-8-12(9)14(15,16)17)10(2)18-20(19)13(3,4)5/h6-8,10,18H,1-5H3/t10-,20-/m1/s1. The van der Waals surface area contributed by atoms with E-state index in [1.165, 1.54) is 13.0 Å². The van der Waals surface area contributed by atoms with E-state index >= 15 is 0 Å². The Hall–Kier alpha value is -0.720. The van der Waals surface area contributed by atoms with Gasteiger partial charge in [0.05, 0.1) is 11.6 Å². The first-order chi connectivity index (χ1) is 8.94. The molecular weight excluding hydrogens is 287 g/mol. The number of rotatable bonds is 3. The first kappa shape index (κ1) is 17.3. The summed E-state index contributed by atoms with van der Waals surface area (Å²) >= 11 is -1.34. The van der Waals surface area contributed by atoms with Crippen LogP contribution in [-0.4, -0.2) is 9.30 Å². The largest absolute Gasteiger partial charge is 0.598 e. The van der Waals surface area contributed by atoms with Crippen LogP contribution in [0.15, 0.2) is 18.2 Å². The summed E-state index contributed by atoms with van der Waals surface area (Å²) in [6.45, 7) is 8.58. The summed E-state index contributed by atoms with van der Waals surface area (Å²) in [6.07, 6.45) is -4.37. The van der Waals surface area contributed by atoms with Gasteiger partial charge in [0.2, 0.25) is 0 Å². The Morgan fingerprint density at radius 3 is 2.20 bits per heavy atom. The summed E-state index contributed by atoms with van der Waals surface area (Å²) in [4.78, 5) is 0. The molecule has 0 bridgehead atoms. The summed E-state index contributed by atoms with van der Waals surface area (Å²) in [5.74, 6) is 0. The van der Waals surface area contributed by atoms with E-state index in [2.05, 4.69) is 4.72 Å². The van der Waals surface area contributed by atoms with Crippen LogP contribution in [0.5, 0.6) is 0 Å². The molecule has 1 aromatic rings. The molecule has 2 nitrogen and oxygen atoms in total. The van der Waals surface area contributed by atoms with E-state index < -0.39 is 33.9 Å². The minimum Gasteiger partial charge on any atom is -0.598 e. The molecule has 0 saturated carbocycles. The van der Waals surface area contributed by atoms with Crippen molar-refractivity contribution in [1.29, 1.82) is 0 Å². The van der Waals surface area contributed by atoms with Crippen LogP contribution in [-0.2, 0) is 17.5 Å². The van der Waals surface area contributed by atoms with E-state index in [1.54, 1.807) is 13.0 Å². The molecule has 0 heterocycles. The number of nitrogens with one attached hydrogen (secondary N) is 1. The van der Waals surface area contributed by atoms with Crippen molar-refractivity contribution in [1.82, 2.24) is 4.72 Å². The van der Waals surface area contributed by atoms with Crippen molar-refractivity contribution < 1.29 is 17.7 Å². The van der Waals surface area contributed by atoms with Crippen molar-refractivity contribution in [2.45, 2.75) is 51.6 Å². The highest BCUT2D eigenvalue weighted by Gasteiger charge is 2.34. The number of hydrogen-bond donors (Lipinski definition) is 1. The molecule has 1 N–H and O–H groups in total. The Morgan fingerprint density at radius 1 is 1.20 bits per heavy atom. The zero-order valence-electron chi connectivity index (χ0n) is 12.3. The van der Waals surface area contributed by atoms with Gasteiger partial charge < -0.3 is 4.55 Å². The van der Waals surface area contributed by atoms with Crippen LogP contribution in [0.25, 0.3) is 0 Å². The van der Waals surface area contributed by atoms with Gasteiger partial charge in [-0.25, -0.2) is 0 Å². The SMILES string of the molecule is Cc1c([C@@H](C)N[S@+]([O-])C(C)(C)C)cccc1C(F)(F)F. The Balaban J connectivity index is 3.03. The number of halogens is 3. The van der Waals surface area contributed by atoms with Crippen LogP contribution in [0.3, 0.4) is 0 Å². The third kappa shape index (κ3) is 4.14. The second kappa shape index (κ2) is 5.95. The van der Waals surface area contributed by atoms with Gasteiger partial charge in [0.15, 0.2) is 0 Å². The fraction of sp³-hybridized carbons (Fsp3) is 0.571. The van der Waals surface area contributed by atoms with Crippen molar-refractivity contribution in [2.75, 3.05) is 0 Å². The number of hydrogen-bond acceptors (Lipinski definition) is 2. The molecule has 0 unspecified atom stereocenters. The third-order valence-corrected chi connectivity index (χ3v) is 4.67. The molecular formula is C14H20F3NOS. The molecule has 0 radical (unpaired) electrons. The summed E-state index contributed by atoms with van der Waals surface area (Å²) in [5.41, 5.74) is 0.0357. The van der Waals surface area contributed by atoms with E-state index in [0.29, 0.717) is 5.56 Å². The number of benzene rings is 1. The quantitative estimate of drug-likeness (QED) is 0.852. The molecule has 0 aliphatic carbocycles. The van der Waals surface area contributed by atoms with Gasteiger partial charge in [0, 0.05) is 11.4 Å². The average molecular weight is 307 g/mol. The summed E-state index contributed by atoms with van der Waals surface area (Å²) in [7, 11) is 0. The highest BCUT2D eigenvalue weighted by atomic mass is 32.2. The molecule has 1 aromatic carbocycles. The number of alkyl halides is 3. The molecule has 0 aromatic heterocycles. The molecule has 6 heteroatoms. The van der Waals surface area contributed by atoms with Gasteiger partial charge in [-0.3, -0.25) is 0 Å². The predicted octanol–water partition coefficient (Wildman–Crippen LogP) is 4.13. The zero-order chi connectivity index (χ0) is 15.7. The summed E-state index contributed by atoms with van der Waals surface area (Å²) in [5, 5.41) is 0. The molecule has 0 saturated heterocycles. The third-order valence-electron chi connectivity index (χ3n) is 2.99. The average Bonchev–Trinajstić information content (AvgIpc) is 2.26. The Kier molecular flexibility index (Phi) is 5.16. The minimum atomic E-state index is -4.37. The van der Waals surface area contributed by atoms with Gasteiger partial charge in [-0.05, 0) is 51.8 Å². The smallest absolute Gasteiger partial charge is 0.416 e. The predicted molar refractivity (Wildman–Crippen MR) is 75.6 cm³/mol. The lowest BCUT2D eigenvalue weighted by molar-refractivity contribution is -0.138. The monoisotopic (exact) mass is 307 g/mol. The van der Waals surface area contributed by atoms with E-state index in [0.717, 1.165) is 6.07 Å². The van der Waals surface area contributed by atoms with Gasteiger partial charge in [-0.1, -0.05) is 12.1 Å². The van der Waals surface area contributed by atoms with E-state index in [9.17, 15) is 17.7 Å². The molecule has 0 fully saturated rings. The Labute approximate surface area is 121 Å². The maximum absolute atomic E-state index is 12.9. The molecule has 0 aliphatic rings. The molecule has 1 rings (SSSR count). The normalized spacial score (nSPS) is 16.1. The van der Waals surface area contributed by atoms with E-state index in [-0.39, 0.29) is 5.56 Å². The molecule has 114 valence electrons. The van der Waals surface area contributed by atoms with Crippen molar-refractivity contribution in [3.05, 3.63) is 34.9 Å². The molecule has 0 aliphatic heterocycles. The van der Waals surface area contributed by atoms with Gasteiger partial charge in [-0.2, -0.15) is 13.2 Å². The maximum Gasteiger partial charge on any atom is 0.416 e. The van der Waals surface area contributed by atoms with E-state index in [1.807, 2.05) is 20.8 Å². The van der Waals surface area contributed by atoms with Crippen LogP contribution in [0.1, 0.15) is 50.4 Å². The van der Waals surface area contributed by atoms with Crippen molar-refractivity contribution in [2.24, 2.45) is 0 Å². The first-order valence-corrected chi connectivity index (χ1v) is 7.44. The lowest BCUT2D eigenvalue weighted by Crippen LogP contribution is -2.40. The highest BCUT2D eigenvalue weighted by molar-refractivity contribution is 7.90. The summed E-state index contributed by atoms with van der Waals surface area (Å²) in [6, 6.07) is 3.65. The van der Waals surface area contributed by atoms with Gasteiger partial charge in [0.1, 0.15) is 4.75 Å². The molecule has 2 atom stereocenters. The van der Waals surface area contributed by atoms with Crippen LogP contribution in [0, 0.1) is 6.92 Å². The van der Waals surface area contributed by atoms with E-state index in [4.69, 9.17) is 0 Å². The first-order valence-electron chi connectivity index (χ1n) is 6.29. The van der Waals surface area contributed by atoms with Crippen molar-refractivity contribution in [3.63, 3.8) is 0 Å². The highest BCUT2D eigenvalue weighted by Crippen LogP contribution is 2.34. The minimum absolute atomic E-state index is 0.172. The molecule has 0 spiro atoms. The summed E-state index contributed by atoms with van der Waals surface area (Å²) < 4.78 is 53.0. The molecule has 20 heavy (non-hydrogen) atoms. The fourth-order valence-electron chi connectivity index (χ4n) is 1.83. The van der Waals surface area contributed by atoms with Crippen molar-refractivity contribution in [3.8, 4) is 0 Å². The maximum atomic E-state index is 12.9. The van der Waals surface area contributed by atoms with Crippen LogP contribution >= 0.6 is 0 Å². The molecule has 0 amide bonds. The van der Waals surface area contributed by atoms with Gasteiger partial charge in [0.25, 0.3) is 0 Å². The van der Waals surface area contributed by atoms with Gasteiger partial charge >= 0.3 is 6.18 Å². The van der Waals surface area contributed by atoms with Crippen LogP contribution < -0.4 is 4.72 Å². The lowest BCUT2D eigenvalue weighted by atomic mass is 9.98.